The summed E-state index contributed by atoms with van der Waals surface area (Å²) >= 11 is 0. The van der Waals surface area contributed by atoms with Crippen LogP contribution in [-0.2, 0) is 6.42 Å². The van der Waals surface area contributed by atoms with E-state index in [-0.39, 0.29) is 5.75 Å². The van der Waals surface area contributed by atoms with Gasteiger partial charge in [-0.25, -0.2) is 0 Å². The maximum atomic E-state index is 9.80. The van der Waals surface area contributed by atoms with Crippen LogP contribution in [0.2, 0.25) is 0 Å². The number of benzene rings is 2. The summed E-state index contributed by atoms with van der Waals surface area (Å²) in [7, 11) is 1.55. The minimum absolute atomic E-state index is 0.159. The van der Waals surface area contributed by atoms with E-state index in [1.54, 1.807) is 19.2 Å². The third-order valence-corrected chi connectivity index (χ3v) is 3.37. The number of anilines is 1. The van der Waals surface area contributed by atoms with E-state index in [0.29, 0.717) is 11.8 Å². The van der Waals surface area contributed by atoms with Crippen LogP contribution in [0, 0.1) is 0 Å². The van der Waals surface area contributed by atoms with Crippen molar-refractivity contribution in [3.8, 4) is 11.5 Å². The number of hydrogen-bond donors (Lipinski definition) is 2. The summed E-state index contributed by atoms with van der Waals surface area (Å²) in [4.78, 5) is 0. The van der Waals surface area contributed by atoms with Crippen LogP contribution in [0.5, 0.6) is 11.5 Å². The SMILES string of the molecule is CCC(Cc1ccccc1)Nc1ccc(OC)c(O)c1. The fourth-order valence-electron chi connectivity index (χ4n) is 2.21. The lowest BCUT2D eigenvalue weighted by Gasteiger charge is -2.19. The third kappa shape index (κ3) is 3.67. The number of phenols is 1. The van der Waals surface area contributed by atoms with E-state index >= 15 is 0 Å². The van der Waals surface area contributed by atoms with Gasteiger partial charge in [-0.1, -0.05) is 37.3 Å². The zero-order valence-electron chi connectivity index (χ0n) is 12.0. The summed E-state index contributed by atoms with van der Waals surface area (Å²) in [5.74, 6) is 0.652. The summed E-state index contributed by atoms with van der Waals surface area (Å²) in [5.41, 5.74) is 2.22. The molecule has 3 heteroatoms. The molecule has 0 bridgehead atoms. The molecule has 0 fully saturated rings. The number of hydrogen-bond acceptors (Lipinski definition) is 3. The fraction of sp³-hybridized carbons (Fsp3) is 0.294. The van der Waals surface area contributed by atoms with Crippen molar-refractivity contribution in [2.45, 2.75) is 25.8 Å². The first-order valence-corrected chi connectivity index (χ1v) is 6.90. The van der Waals surface area contributed by atoms with Crippen LogP contribution in [-0.4, -0.2) is 18.3 Å². The van der Waals surface area contributed by atoms with E-state index in [1.165, 1.54) is 5.56 Å². The topological polar surface area (TPSA) is 41.5 Å². The average Bonchev–Trinajstić information content (AvgIpc) is 2.48. The lowest BCUT2D eigenvalue weighted by Crippen LogP contribution is -2.21. The molecule has 1 atom stereocenters. The van der Waals surface area contributed by atoms with Crippen LogP contribution < -0.4 is 10.1 Å². The zero-order valence-corrected chi connectivity index (χ0v) is 12.0. The molecule has 2 aromatic carbocycles. The van der Waals surface area contributed by atoms with Gasteiger partial charge in [-0.3, -0.25) is 0 Å². The lowest BCUT2D eigenvalue weighted by molar-refractivity contribution is 0.373. The quantitative estimate of drug-likeness (QED) is 0.839. The molecule has 3 nitrogen and oxygen atoms in total. The van der Waals surface area contributed by atoms with Crippen LogP contribution in [0.4, 0.5) is 5.69 Å². The van der Waals surface area contributed by atoms with Crippen LogP contribution >= 0.6 is 0 Å². The average molecular weight is 271 g/mol. The first kappa shape index (κ1) is 14.3. The van der Waals surface area contributed by atoms with E-state index < -0.39 is 0 Å². The molecule has 0 aliphatic rings. The van der Waals surface area contributed by atoms with Gasteiger partial charge in [-0.15, -0.1) is 0 Å². The summed E-state index contributed by atoms with van der Waals surface area (Å²) < 4.78 is 5.05. The summed E-state index contributed by atoms with van der Waals surface area (Å²) in [6.07, 6.45) is 1.98. The van der Waals surface area contributed by atoms with E-state index in [2.05, 4.69) is 36.5 Å². The van der Waals surface area contributed by atoms with E-state index in [9.17, 15) is 5.11 Å². The Kier molecular flexibility index (Phi) is 4.88. The molecule has 0 heterocycles. The summed E-state index contributed by atoms with van der Waals surface area (Å²) in [5, 5.41) is 13.3. The van der Waals surface area contributed by atoms with Gasteiger partial charge >= 0.3 is 0 Å². The van der Waals surface area contributed by atoms with Crippen molar-refractivity contribution in [3.05, 3.63) is 54.1 Å². The Morgan fingerprint density at radius 2 is 1.90 bits per heavy atom. The molecule has 20 heavy (non-hydrogen) atoms. The van der Waals surface area contributed by atoms with Gasteiger partial charge in [-0.05, 0) is 30.5 Å². The van der Waals surface area contributed by atoms with Gasteiger partial charge in [0, 0.05) is 17.8 Å². The number of ether oxygens (including phenoxy) is 1. The van der Waals surface area contributed by atoms with Gasteiger partial charge in [0.2, 0.25) is 0 Å². The number of nitrogens with one attached hydrogen (secondary N) is 1. The normalized spacial score (nSPS) is 11.9. The van der Waals surface area contributed by atoms with Crippen LogP contribution in [0.25, 0.3) is 0 Å². The molecule has 106 valence electrons. The van der Waals surface area contributed by atoms with Crippen LogP contribution in [0.3, 0.4) is 0 Å². The highest BCUT2D eigenvalue weighted by atomic mass is 16.5. The van der Waals surface area contributed by atoms with Crippen molar-refractivity contribution >= 4 is 5.69 Å². The maximum Gasteiger partial charge on any atom is 0.160 e. The Morgan fingerprint density at radius 1 is 1.15 bits per heavy atom. The highest BCUT2D eigenvalue weighted by Crippen LogP contribution is 2.29. The first-order valence-electron chi connectivity index (χ1n) is 6.90. The molecule has 1 unspecified atom stereocenters. The Bertz CT molecular complexity index is 540. The number of phenolic OH excluding ortho intramolecular Hbond substituents is 1. The Morgan fingerprint density at radius 3 is 2.50 bits per heavy atom. The second-order valence-corrected chi connectivity index (χ2v) is 4.83. The Hall–Kier alpha value is -2.16. The molecule has 2 aromatic rings. The van der Waals surface area contributed by atoms with Crippen molar-refractivity contribution in [1.29, 1.82) is 0 Å². The van der Waals surface area contributed by atoms with Gasteiger partial charge in [0.05, 0.1) is 7.11 Å². The molecule has 0 aliphatic carbocycles. The standard InChI is InChI=1S/C17H21NO2/c1-3-14(11-13-7-5-4-6-8-13)18-15-9-10-17(20-2)16(19)12-15/h4-10,12,14,18-19H,3,11H2,1-2H3. The largest absolute Gasteiger partial charge is 0.504 e. The van der Waals surface area contributed by atoms with Gasteiger partial charge in [0.15, 0.2) is 11.5 Å². The Balaban J connectivity index is 2.04. The number of rotatable bonds is 6. The molecular weight excluding hydrogens is 250 g/mol. The fourth-order valence-corrected chi connectivity index (χ4v) is 2.21. The zero-order chi connectivity index (χ0) is 14.4. The van der Waals surface area contributed by atoms with Gasteiger partial charge in [-0.2, -0.15) is 0 Å². The second-order valence-electron chi connectivity index (χ2n) is 4.83. The van der Waals surface area contributed by atoms with Gasteiger partial charge in [0.25, 0.3) is 0 Å². The van der Waals surface area contributed by atoms with Crippen molar-refractivity contribution in [2.24, 2.45) is 0 Å². The number of methoxy groups -OCH3 is 1. The van der Waals surface area contributed by atoms with Gasteiger partial charge in [0.1, 0.15) is 0 Å². The second kappa shape index (κ2) is 6.85. The molecule has 0 radical (unpaired) electrons. The van der Waals surface area contributed by atoms with Crippen molar-refractivity contribution in [2.75, 3.05) is 12.4 Å². The molecule has 0 aliphatic heterocycles. The van der Waals surface area contributed by atoms with Crippen molar-refractivity contribution in [1.82, 2.24) is 0 Å². The summed E-state index contributed by atoms with van der Waals surface area (Å²) in [6.45, 7) is 2.16. The first-order chi connectivity index (χ1) is 9.72. The van der Waals surface area contributed by atoms with Crippen molar-refractivity contribution in [3.63, 3.8) is 0 Å². The molecule has 2 N–H and O–H groups in total. The molecule has 0 amide bonds. The number of aromatic hydroxyl groups is 1. The maximum absolute atomic E-state index is 9.80. The lowest BCUT2D eigenvalue weighted by atomic mass is 10.0. The minimum atomic E-state index is 0.159. The predicted molar refractivity (Wildman–Crippen MR) is 82.5 cm³/mol. The Labute approximate surface area is 120 Å². The molecule has 0 aromatic heterocycles. The van der Waals surface area contributed by atoms with E-state index in [4.69, 9.17) is 4.74 Å². The molecule has 0 spiro atoms. The molecular formula is C17H21NO2. The van der Waals surface area contributed by atoms with E-state index in [1.807, 2.05) is 12.1 Å². The predicted octanol–water partition coefficient (Wildman–Crippen LogP) is 3.83. The molecule has 2 rings (SSSR count). The summed E-state index contributed by atoms with van der Waals surface area (Å²) in [6, 6.07) is 16.1. The highest BCUT2D eigenvalue weighted by Gasteiger charge is 2.09. The monoisotopic (exact) mass is 271 g/mol. The van der Waals surface area contributed by atoms with Crippen LogP contribution in [0.15, 0.2) is 48.5 Å². The molecule has 0 saturated heterocycles. The van der Waals surface area contributed by atoms with Crippen LogP contribution in [0.1, 0.15) is 18.9 Å². The van der Waals surface area contributed by atoms with Crippen molar-refractivity contribution < 1.29 is 9.84 Å². The van der Waals surface area contributed by atoms with E-state index in [0.717, 1.165) is 18.5 Å². The highest BCUT2D eigenvalue weighted by molar-refractivity contribution is 5.54. The minimum Gasteiger partial charge on any atom is -0.504 e. The molecule has 0 saturated carbocycles. The third-order valence-electron chi connectivity index (χ3n) is 3.37. The van der Waals surface area contributed by atoms with Gasteiger partial charge < -0.3 is 15.2 Å². The smallest absolute Gasteiger partial charge is 0.160 e.